The molecule has 8 nitrogen and oxygen atoms in total. The highest BCUT2D eigenvalue weighted by atomic mass is 35.5. The minimum absolute atomic E-state index is 0.111. The molecule has 5 aromatic rings. The molecule has 2 heterocycles. The number of fused-ring (bicyclic) bond motifs is 1. The number of anilines is 2. The molecule has 222 valence electrons. The van der Waals surface area contributed by atoms with Crippen LogP contribution in [0.2, 0.25) is 5.02 Å². The maximum Gasteiger partial charge on any atom is 0.405 e. The summed E-state index contributed by atoms with van der Waals surface area (Å²) >= 11 is 6.51. The van der Waals surface area contributed by atoms with E-state index in [1.807, 2.05) is 45.2 Å². The quantitative estimate of drug-likeness (QED) is 0.158. The molecule has 2 aromatic heterocycles. The molecule has 0 saturated heterocycles. The number of primary amides is 1. The predicted molar refractivity (Wildman–Crippen MR) is 167 cm³/mol. The molecular formula is C33H33ClFN5O3. The number of carbonyl (C=O) groups excluding carboxylic acids is 1. The average molecular weight is 602 g/mol. The van der Waals surface area contributed by atoms with Crippen LogP contribution in [0, 0.1) is 11.7 Å². The van der Waals surface area contributed by atoms with Gasteiger partial charge in [0.25, 0.3) is 0 Å². The third-order valence-electron chi connectivity index (χ3n) is 7.57. The highest BCUT2D eigenvalue weighted by Crippen LogP contribution is 2.33. The first-order chi connectivity index (χ1) is 20.6. The van der Waals surface area contributed by atoms with Gasteiger partial charge >= 0.3 is 6.09 Å². The molecule has 1 unspecified atom stereocenters. The maximum atomic E-state index is 13.5. The Balaban J connectivity index is 1.29. The van der Waals surface area contributed by atoms with Crippen molar-refractivity contribution in [1.29, 1.82) is 0 Å². The summed E-state index contributed by atoms with van der Waals surface area (Å²) in [6, 6.07) is 19.8. The molecule has 0 spiro atoms. The molecule has 0 saturated carbocycles. The van der Waals surface area contributed by atoms with Gasteiger partial charge in [-0.05, 0) is 91.4 Å². The average Bonchev–Trinajstić information content (AvgIpc) is 3.44. The zero-order chi connectivity index (χ0) is 30.6. The number of aryl methyl sites for hydroxylation is 1. The molecule has 1 amide bonds. The second kappa shape index (κ2) is 12.7. The highest BCUT2D eigenvalue weighted by molar-refractivity contribution is 6.32. The molecule has 3 aromatic carbocycles. The van der Waals surface area contributed by atoms with Crippen molar-refractivity contribution in [2.75, 3.05) is 5.32 Å². The molecule has 0 fully saturated rings. The number of carbonyl (C=O) groups is 1. The van der Waals surface area contributed by atoms with E-state index < -0.39 is 11.7 Å². The van der Waals surface area contributed by atoms with Crippen molar-refractivity contribution in [2.45, 2.75) is 45.9 Å². The smallest absolute Gasteiger partial charge is 0.405 e. The maximum absolute atomic E-state index is 13.5. The van der Waals surface area contributed by atoms with Gasteiger partial charge in [-0.2, -0.15) is 0 Å². The van der Waals surface area contributed by atoms with E-state index in [2.05, 4.69) is 38.2 Å². The number of hydrogen-bond donors (Lipinski definition) is 2. The van der Waals surface area contributed by atoms with E-state index in [4.69, 9.17) is 26.8 Å². The number of aromatic nitrogens is 3. The molecule has 1 atom stereocenters. The lowest BCUT2D eigenvalue weighted by atomic mass is 9.89. The van der Waals surface area contributed by atoms with Crippen LogP contribution in [0.25, 0.3) is 22.0 Å². The number of amides is 1. The minimum atomic E-state index is -0.763. The molecule has 0 aliphatic heterocycles. The fourth-order valence-electron chi connectivity index (χ4n) is 4.76. The Morgan fingerprint density at radius 1 is 1.09 bits per heavy atom. The summed E-state index contributed by atoms with van der Waals surface area (Å²) < 4.78 is 26.7. The van der Waals surface area contributed by atoms with Crippen LogP contribution in [0.5, 0.6) is 5.75 Å². The van der Waals surface area contributed by atoms with Crippen LogP contribution in [-0.4, -0.2) is 26.2 Å². The van der Waals surface area contributed by atoms with E-state index in [9.17, 15) is 9.18 Å². The van der Waals surface area contributed by atoms with Crippen molar-refractivity contribution in [3.05, 3.63) is 102 Å². The number of halogens is 2. The van der Waals surface area contributed by atoms with Crippen LogP contribution in [0.3, 0.4) is 0 Å². The SMILES string of the molecule is CC(CCn1ccc(-c2ccc3ncnc(Nc4ccc(OCc5cccc(F)c5)c(Cl)c4)c3c2)c1)C(C)(C)OC(N)=O. The van der Waals surface area contributed by atoms with Crippen molar-refractivity contribution < 1.29 is 18.7 Å². The number of rotatable bonds is 11. The van der Waals surface area contributed by atoms with Gasteiger partial charge < -0.3 is 25.1 Å². The first-order valence-electron chi connectivity index (χ1n) is 13.9. The summed E-state index contributed by atoms with van der Waals surface area (Å²) in [5.41, 5.74) is 8.90. The number of nitrogens with one attached hydrogen (secondary N) is 1. The van der Waals surface area contributed by atoms with Gasteiger partial charge in [0.05, 0.1) is 10.5 Å². The third-order valence-corrected chi connectivity index (χ3v) is 7.86. The van der Waals surface area contributed by atoms with Crippen LogP contribution >= 0.6 is 11.6 Å². The summed E-state index contributed by atoms with van der Waals surface area (Å²) in [5, 5.41) is 4.62. The zero-order valence-electron chi connectivity index (χ0n) is 24.2. The van der Waals surface area contributed by atoms with E-state index in [1.54, 1.807) is 24.3 Å². The van der Waals surface area contributed by atoms with E-state index in [0.717, 1.165) is 40.7 Å². The second-order valence-corrected chi connectivity index (χ2v) is 11.4. The summed E-state index contributed by atoms with van der Waals surface area (Å²) in [5.74, 6) is 0.933. The molecule has 43 heavy (non-hydrogen) atoms. The molecule has 0 aliphatic rings. The molecule has 10 heteroatoms. The Labute approximate surface area is 254 Å². The molecular weight excluding hydrogens is 569 g/mol. The van der Waals surface area contributed by atoms with Crippen molar-refractivity contribution in [2.24, 2.45) is 11.7 Å². The van der Waals surface area contributed by atoms with Crippen molar-refractivity contribution in [3.8, 4) is 16.9 Å². The lowest BCUT2D eigenvalue weighted by Crippen LogP contribution is -2.37. The van der Waals surface area contributed by atoms with Crippen LogP contribution in [-0.2, 0) is 17.9 Å². The second-order valence-electron chi connectivity index (χ2n) is 11.0. The van der Waals surface area contributed by atoms with Gasteiger partial charge in [-0.1, -0.05) is 36.7 Å². The minimum Gasteiger partial charge on any atom is -0.487 e. The fourth-order valence-corrected chi connectivity index (χ4v) is 4.99. The first kappa shape index (κ1) is 29.8. The van der Waals surface area contributed by atoms with Crippen LogP contribution in [0.15, 0.2) is 85.5 Å². The van der Waals surface area contributed by atoms with Crippen molar-refractivity contribution >= 4 is 40.1 Å². The number of nitrogens with two attached hydrogens (primary N) is 1. The highest BCUT2D eigenvalue weighted by Gasteiger charge is 2.29. The molecule has 3 N–H and O–H groups in total. The van der Waals surface area contributed by atoms with E-state index in [1.165, 1.54) is 18.5 Å². The van der Waals surface area contributed by atoms with Crippen LogP contribution < -0.4 is 15.8 Å². The molecule has 0 aliphatic carbocycles. The fraction of sp³-hybridized carbons (Fsp3) is 0.242. The zero-order valence-corrected chi connectivity index (χ0v) is 24.9. The van der Waals surface area contributed by atoms with Gasteiger partial charge in [-0.3, -0.25) is 0 Å². The topological polar surface area (TPSA) is 104 Å². The van der Waals surface area contributed by atoms with Gasteiger partial charge in [0.15, 0.2) is 0 Å². The van der Waals surface area contributed by atoms with Gasteiger partial charge in [0.1, 0.15) is 35.9 Å². The summed E-state index contributed by atoms with van der Waals surface area (Å²) in [6.07, 6.45) is 5.69. The Hall–Kier alpha value is -4.63. The lowest BCUT2D eigenvalue weighted by molar-refractivity contribution is 0.000714. The number of nitrogens with zero attached hydrogens (tertiary/aromatic N) is 3. The van der Waals surface area contributed by atoms with Crippen LogP contribution in [0.1, 0.15) is 32.8 Å². The normalized spacial score (nSPS) is 12.2. The Bertz CT molecular complexity index is 1760. The molecule has 0 bridgehead atoms. The van der Waals surface area contributed by atoms with Crippen molar-refractivity contribution in [1.82, 2.24) is 14.5 Å². The Morgan fingerprint density at radius 3 is 2.70 bits per heavy atom. The summed E-state index contributed by atoms with van der Waals surface area (Å²) in [7, 11) is 0. The predicted octanol–water partition coefficient (Wildman–Crippen LogP) is 8.11. The molecule has 5 rings (SSSR count). The summed E-state index contributed by atoms with van der Waals surface area (Å²) in [6.45, 7) is 6.76. The van der Waals surface area contributed by atoms with E-state index in [0.29, 0.717) is 22.2 Å². The third kappa shape index (κ3) is 7.42. The number of hydrogen-bond acceptors (Lipinski definition) is 6. The van der Waals surface area contributed by atoms with E-state index >= 15 is 0 Å². The standard InChI is InChI=1S/C33H33ClFN5O3/c1-21(33(2,3)43-32(36)41)11-13-40-14-12-24(18-40)23-7-9-29-27(16-23)31(38-20-37-29)39-26-8-10-30(28(34)17-26)42-19-22-5-4-6-25(35)15-22/h4-10,12,14-18,20-21H,11,13,19H2,1-3H3,(H2,36,41)(H,37,38,39). The monoisotopic (exact) mass is 601 g/mol. The Morgan fingerprint density at radius 2 is 1.93 bits per heavy atom. The summed E-state index contributed by atoms with van der Waals surface area (Å²) in [4.78, 5) is 20.2. The van der Waals surface area contributed by atoms with Crippen molar-refractivity contribution in [3.63, 3.8) is 0 Å². The van der Waals surface area contributed by atoms with E-state index in [-0.39, 0.29) is 18.3 Å². The molecule has 0 radical (unpaired) electrons. The first-order valence-corrected chi connectivity index (χ1v) is 14.3. The number of ether oxygens (including phenoxy) is 2. The van der Waals surface area contributed by atoms with Gasteiger partial charge in [0.2, 0.25) is 0 Å². The lowest BCUT2D eigenvalue weighted by Gasteiger charge is -2.30. The number of benzene rings is 3. The van der Waals surface area contributed by atoms with Gasteiger partial charge in [0, 0.05) is 30.0 Å². The Kier molecular flexibility index (Phi) is 8.82. The van der Waals surface area contributed by atoms with Gasteiger partial charge in [-0.15, -0.1) is 0 Å². The largest absolute Gasteiger partial charge is 0.487 e. The van der Waals surface area contributed by atoms with Crippen LogP contribution in [0.4, 0.5) is 20.7 Å². The van der Waals surface area contributed by atoms with Gasteiger partial charge in [-0.25, -0.2) is 19.2 Å².